The third kappa shape index (κ3) is 5.96. The molecule has 0 fully saturated rings. The molecule has 0 radical (unpaired) electrons. The highest BCUT2D eigenvalue weighted by Gasteiger charge is 2.64. The van der Waals surface area contributed by atoms with Crippen molar-refractivity contribution >= 4 is 45.7 Å². The Labute approximate surface area is 357 Å². The molecule has 0 saturated heterocycles. The fourth-order valence-electron chi connectivity index (χ4n) is 10.4. The molecule has 12 heteroatoms. The number of benzene rings is 6. The van der Waals surface area contributed by atoms with Gasteiger partial charge < -0.3 is 0 Å². The van der Waals surface area contributed by atoms with E-state index >= 15 is 9.59 Å². The number of Topliss-reactive ketones (excluding diaryl/α,β-unsaturated/α-hetero) is 2. The highest BCUT2D eigenvalue weighted by atomic mass is 16.6. The summed E-state index contributed by atoms with van der Waals surface area (Å²) in [4.78, 5) is 54.9. The van der Waals surface area contributed by atoms with Crippen LogP contribution in [-0.2, 0) is 12.8 Å². The molecule has 12 nitrogen and oxygen atoms in total. The van der Waals surface area contributed by atoms with Crippen LogP contribution >= 0.6 is 0 Å². The lowest BCUT2D eigenvalue weighted by Crippen LogP contribution is -2.56. The van der Waals surface area contributed by atoms with Gasteiger partial charge in [0, 0.05) is 35.4 Å². The number of nitro groups is 2. The van der Waals surface area contributed by atoms with Gasteiger partial charge in [0.05, 0.1) is 44.5 Å². The van der Waals surface area contributed by atoms with Crippen molar-refractivity contribution in [2.75, 3.05) is 10.0 Å². The predicted molar refractivity (Wildman–Crippen MR) is 237 cm³/mol. The molecule has 0 amide bonds. The van der Waals surface area contributed by atoms with Crippen LogP contribution in [0.15, 0.2) is 168 Å². The van der Waals surface area contributed by atoms with Crippen LogP contribution in [0.1, 0.15) is 80.5 Å². The number of fused-ring (bicyclic) bond motifs is 2. The van der Waals surface area contributed by atoms with Gasteiger partial charge in [0.15, 0.2) is 11.6 Å². The van der Waals surface area contributed by atoms with Crippen LogP contribution in [0.25, 0.3) is 0 Å². The standard InChI is InChI=1S/C50H40N6O6/c57-47-41-21-9-7-13-33(41)15-11-31-49(47)43(35-23-27-39(28-24-35)55(59)60)45(51-53(49)37-17-3-1-4-18-37)46-44(36-25-29-40(30-26-36)56(61)62)50(54(52-46)38-19-5-2-6-20-38)32-12-16-34-14-8-10-22-42(34)48(50)58/h1-10,13-14,17-30,43-44H,11-12,15-16,31-32H2/t43-,44+,49-,50+. The number of hydrogen-bond donors (Lipinski definition) is 0. The maximum absolute atomic E-state index is 15.8. The summed E-state index contributed by atoms with van der Waals surface area (Å²) in [6.07, 6.45) is 3.32. The molecule has 4 atom stereocenters. The van der Waals surface area contributed by atoms with Crippen molar-refractivity contribution in [3.63, 3.8) is 0 Å². The number of carbonyl (C=O) groups is 2. The van der Waals surface area contributed by atoms with Crippen LogP contribution in [-0.4, -0.2) is 43.9 Å². The van der Waals surface area contributed by atoms with Crippen molar-refractivity contribution in [2.24, 2.45) is 10.2 Å². The lowest BCUT2D eigenvalue weighted by atomic mass is 9.65. The number of nitrogens with zero attached hydrogens (tertiary/aromatic N) is 6. The van der Waals surface area contributed by atoms with Gasteiger partial charge in [0.1, 0.15) is 11.1 Å². The minimum atomic E-state index is -1.38. The highest BCUT2D eigenvalue weighted by Crippen LogP contribution is 2.55. The molecule has 2 aliphatic carbocycles. The van der Waals surface area contributed by atoms with Gasteiger partial charge in [-0.25, -0.2) is 0 Å². The van der Waals surface area contributed by atoms with E-state index in [1.54, 1.807) is 24.3 Å². The Balaban J connectivity index is 1.29. The summed E-state index contributed by atoms with van der Waals surface area (Å²) in [5.41, 5.74) is 3.49. The number of carbonyl (C=O) groups excluding carboxylic acids is 2. The van der Waals surface area contributed by atoms with E-state index in [0.29, 0.717) is 83.6 Å². The fraction of sp³-hybridized carbons (Fsp3) is 0.200. The average molecular weight is 821 g/mol. The van der Waals surface area contributed by atoms with Crippen LogP contribution < -0.4 is 10.0 Å². The first-order chi connectivity index (χ1) is 30.2. The molecule has 306 valence electrons. The smallest absolute Gasteiger partial charge is 0.269 e. The second-order valence-corrected chi connectivity index (χ2v) is 16.4. The van der Waals surface area contributed by atoms with Gasteiger partial charge in [-0.15, -0.1) is 0 Å². The zero-order valence-electron chi connectivity index (χ0n) is 33.5. The van der Waals surface area contributed by atoms with E-state index in [2.05, 4.69) is 0 Å². The molecule has 62 heavy (non-hydrogen) atoms. The zero-order valence-corrected chi connectivity index (χ0v) is 33.5. The third-order valence-corrected chi connectivity index (χ3v) is 13.1. The normalized spacial score (nSPS) is 23.0. The van der Waals surface area contributed by atoms with E-state index < -0.39 is 32.8 Å². The Morgan fingerprint density at radius 2 is 0.839 bits per heavy atom. The molecule has 0 unspecified atom stereocenters. The van der Waals surface area contributed by atoms with Crippen LogP contribution in [0.2, 0.25) is 0 Å². The number of para-hydroxylation sites is 2. The molecular formula is C50H40N6O6. The van der Waals surface area contributed by atoms with Gasteiger partial charge in [-0.3, -0.25) is 39.8 Å². The van der Waals surface area contributed by atoms with E-state index in [-0.39, 0.29) is 22.9 Å². The monoisotopic (exact) mass is 820 g/mol. The summed E-state index contributed by atoms with van der Waals surface area (Å²) < 4.78 is 0. The molecule has 0 bridgehead atoms. The second-order valence-electron chi connectivity index (χ2n) is 16.4. The first-order valence-electron chi connectivity index (χ1n) is 20.8. The summed E-state index contributed by atoms with van der Waals surface area (Å²) in [5, 5.41) is 38.8. The maximum Gasteiger partial charge on any atom is 0.269 e. The summed E-state index contributed by atoms with van der Waals surface area (Å²) in [7, 11) is 0. The van der Waals surface area contributed by atoms with Gasteiger partial charge in [0.25, 0.3) is 11.4 Å². The van der Waals surface area contributed by atoms with Crippen molar-refractivity contribution in [1.82, 2.24) is 0 Å². The fourth-order valence-corrected chi connectivity index (χ4v) is 10.4. The average Bonchev–Trinajstić information content (AvgIpc) is 3.73. The Hall–Kier alpha value is -7.60. The quantitative estimate of drug-likeness (QED) is 0.114. The Morgan fingerprint density at radius 1 is 0.484 bits per heavy atom. The lowest BCUT2D eigenvalue weighted by molar-refractivity contribution is -0.385. The molecule has 0 N–H and O–H groups in total. The van der Waals surface area contributed by atoms with E-state index in [1.807, 2.05) is 119 Å². The minimum absolute atomic E-state index is 0.101. The Morgan fingerprint density at radius 3 is 1.21 bits per heavy atom. The van der Waals surface area contributed by atoms with Gasteiger partial charge in [-0.05, 0) is 85.0 Å². The van der Waals surface area contributed by atoms with Crippen molar-refractivity contribution in [3.8, 4) is 0 Å². The van der Waals surface area contributed by atoms with Crippen molar-refractivity contribution in [1.29, 1.82) is 0 Å². The van der Waals surface area contributed by atoms with E-state index in [9.17, 15) is 20.2 Å². The maximum atomic E-state index is 15.8. The molecule has 6 aromatic rings. The first-order valence-corrected chi connectivity index (χ1v) is 20.8. The number of hydrogen-bond acceptors (Lipinski definition) is 10. The summed E-state index contributed by atoms with van der Waals surface area (Å²) in [6, 6.07) is 47.0. The number of aryl methyl sites for hydroxylation is 2. The molecule has 4 aliphatic rings. The topological polar surface area (TPSA) is 152 Å². The molecule has 2 aliphatic heterocycles. The summed E-state index contributed by atoms with van der Waals surface area (Å²) in [6.45, 7) is 0. The number of anilines is 2. The highest BCUT2D eigenvalue weighted by molar-refractivity contribution is 6.50. The summed E-state index contributed by atoms with van der Waals surface area (Å²) in [5.74, 6) is -1.97. The number of hydrazone groups is 2. The Kier molecular flexibility index (Phi) is 9.43. The minimum Gasteiger partial charge on any atom is -0.291 e. The number of nitro benzene ring substituents is 2. The lowest BCUT2D eigenvalue weighted by Gasteiger charge is -2.41. The van der Waals surface area contributed by atoms with E-state index in [1.165, 1.54) is 24.3 Å². The van der Waals surface area contributed by atoms with E-state index in [0.717, 1.165) is 11.1 Å². The molecule has 0 aromatic heterocycles. The van der Waals surface area contributed by atoms with Crippen molar-refractivity contribution in [2.45, 2.75) is 61.4 Å². The van der Waals surface area contributed by atoms with Crippen molar-refractivity contribution < 1.29 is 19.4 Å². The Bertz CT molecular complexity index is 2640. The largest absolute Gasteiger partial charge is 0.291 e. The predicted octanol–water partition coefficient (Wildman–Crippen LogP) is 10.0. The molecule has 2 heterocycles. The van der Waals surface area contributed by atoms with Gasteiger partial charge in [0.2, 0.25) is 0 Å². The number of non-ortho nitro benzene ring substituents is 2. The molecule has 6 aromatic carbocycles. The van der Waals surface area contributed by atoms with E-state index in [4.69, 9.17) is 10.2 Å². The van der Waals surface area contributed by atoms with Crippen LogP contribution in [0.3, 0.4) is 0 Å². The second kappa shape index (κ2) is 15.1. The van der Waals surface area contributed by atoms with Crippen LogP contribution in [0, 0.1) is 20.2 Å². The van der Waals surface area contributed by atoms with Crippen LogP contribution in [0.4, 0.5) is 22.7 Å². The molecule has 10 rings (SSSR count). The first kappa shape index (κ1) is 38.6. The molecule has 0 saturated carbocycles. The van der Waals surface area contributed by atoms with Crippen LogP contribution in [0.5, 0.6) is 0 Å². The third-order valence-electron chi connectivity index (χ3n) is 13.1. The zero-order chi connectivity index (χ0) is 42.6. The number of rotatable bonds is 7. The van der Waals surface area contributed by atoms with Crippen molar-refractivity contribution in [3.05, 3.63) is 211 Å². The summed E-state index contributed by atoms with van der Waals surface area (Å²) >= 11 is 0. The molecule has 2 spiro atoms. The SMILES string of the molecule is O=C1c2ccccc2CCC[C@@]12[C@H](c1ccc([N+](=O)[O-])cc1)C(C1=NN(c3ccccc3)[C@@]3(CCCc4ccccc4C3=O)[C@H]1c1ccc([N+](=O)[O-])cc1)=NN2c1ccccc1. The number of ketones is 2. The van der Waals surface area contributed by atoms with Gasteiger partial charge in [-0.2, -0.15) is 10.2 Å². The van der Waals surface area contributed by atoms with Gasteiger partial charge in [-0.1, -0.05) is 109 Å². The molecular weight excluding hydrogens is 781 g/mol. The van der Waals surface area contributed by atoms with Gasteiger partial charge >= 0.3 is 0 Å².